The van der Waals surface area contributed by atoms with Crippen molar-refractivity contribution in [1.29, 1.82) is 0 Å². The Morgan fingerprint density at radius 2 is 2.00 bits per heavy atom. The van der Waals surface area contributed by atoms with Crippen LogP contribution in [-0.2, 0) is 0 Å². The molecular formula is C17H16N4O3S2. The largest absolute Gasteiger partial charge is 0.383 e. The van der Waals surface area contributed by atoms with Crippen LogP contribution in [0.4, 0.5) is 11.4 Å². The molecule has 0 aliphatic rings. The van der Waals surface area contributed by atoms with Gasteiger partial charge in [-0.25, -0.2) is 4.98 Å². The minimum absolute atomic E-state index is 0.0473. The number of nitrogens with one attached hydrogen (secondary N) is 2. The van der Waals surface area contributed by atoms with E-state index in [0.29, 0.717) is 18.0 Å². The Kier molecular flexibility index (Phi) is 5.59. The molecule has 0 bridgehead atoms. The van der Waals surface area contributed by atoms with E-state index in [1.165, 1.54) is 23.5 Å². The third-order valence-corrected chi connectivity index (χ3v) is 5.75. The zero-order valence-corrected chi connectivity index (χ0v) is 15.5. The van der Waals surface area contributed by atoms with E-state index in [9.17, 15) is 14.9 Å². The number of non-ortho nitro benzene ring substituents is 1. The zero-order valence-electron chi connectivity index (χ0n) is 13.9. The molecule has 1 amide bonds. The lowest BCUT2D eigenvalue weighted by Crippen LogP contribution is -2.28. The fraction of sp³-hybridized carbons (Fsp3) is 0.176. The molecule has 7 nitrogen and oxygen atoms in total. The van der Waals surface area contributed by atoms with Gasteiger partial charge in [0.05, 0.1) is 15.5 Å². The van der Waals surface area contributed by atoms with Crippen molar-refractivity contribution in [2.45, 2.75) is 6.92 Å². The number of thiazole rings is 1. The first-order chi connectivity index (χ1) is 12.5. The molecule has 1 aromatic carbocycles. The van der Waals surface area contributed by atoms with E-state index in [-0.39, 0.29) is 11.6 Å². The Balaban J connectivity index is 1.51. The van der Waals surface area contributed by atoms with Gasteiger partial charge in [-0.1, -0.05) is 6.07 Å². The van der Waals surface area contributed by atoms with Crippen molar-refractivity contribution in [3.05, 3.63) is 62.5 Å². The smallest absolute Gasteiger partial charge is 0.269 e. The number of thiophene rings is 1. The molecule has 0 unspecified atom stereocenters. The summed E-state index contributed by atoms with van der Waals surface area (Å²) in [6.07, 6.45) is 0. The van der Waals surface area contributed by atoms with Gasteiger partial charge in [0, 0.05) is 30.9 Å². The predicted octanol–water partition coefficient (Wildman–Crippen LogP) is 3.93. The highest BCUT2D eigenvalue weighted by Crippen LogP contribution is 2.30. The summed E-state index contributed by atoms with van der Waals surface area (Å²) in [5, 5.41) is 19.4. The number of nitro benzene ring substituents is 1. The number of amides is 1. The number of rotatable bonds is 7. The average Bonchev–Trinajstić information content (AvgIpc) is 3.28. The van der Waals surface area contributed by atoms with Gasteiger partial charge in [-0.15, -0.1) is 22.7 Å². The van der Waals surface area contributed by atoms with Crippen LogP contribution in [0.5, 0.6) is 0 Å². The second kappa shape index (κ2) is 8.07. The second-order valence-electron chi connectivity index (χ2n) is 5.40. The molecule has 134 valence electrons. The van der Waals surface area contributed by atoms with Crippen molar-refractivity contribution < 1.29 is 9.72 Å². The van der Waals surface area contributed by atoms with Gasteiger partial charge < -0.3 is 10.6 Å². The third kappa shape index (κ3) is 4.24. The van der Waals surface area contributed by atoms with Gasteiger partial charge in [-0.2, -0.15) is 0 Å². The predicted molar refractivity (Wildman–Crippen MR) is 104 cm³/mol. The fourth-order valence-electron chi connectivity index (χ4n) is 2.28. The third-order valence-electron chi connectivity index (χ3n) is 3.55. The first-order valence-electron chi connectivity index (χ1n) is 7.82. The van der Waals surface area contributed by atoms with Crippen LogP contribution >= 0.6 is 22.7 Å². The van der Waals surface area contributed by atoms with Gasteiger partial charge in [0.25, 0.3) is 11.6 Å². The van der Waals surface area contributed by atoms with Gasteiger partial charge >= 0.3 is 0 Å². The van der Waals surface area contributed by atoms with Crippen molar-refractivity contribution in [3.8, 4) is 9.88 Å². The molecule has 3 rings (SSSR count). The molecule has 26 heavy (non-hydrogen) atoms. The number of benzene rings is 1. The standard InChI is InChI=1S/C17H16N4O3S2/c1-11-15(26-17(20-11)14-3-2-10-25-14)16(22)19-9-8-18-12-4-6-13(7-5-12)21(23)24/h2-7,10,18H,8-9H2,1H3,(H,19,22). The number of hydrogen-bond acceptors (Lipinski definition) is 7. The van der Waals surface area contributed by atoms with Gasteiger partial charge in [-0.3, -0.25) is 14.9 Å². The Hall–Kier alpha value is -2.78. The Morgan fingerprint density at radius 1 is 1.23 bits per heavy atom. The van der Waals surface area contributed by atoms with Crippen LogP contribution in [0.25, 0.3) is 9.88 Å². The Bertz CT molecular complexity index is 905. The van der Waals surface area contributed by atoms with Crippen LogP contribution < -0.4 is 10.6 Å². The quantitative estimate of drug-likeness (QED) is 0.363. The van der Waals surface area contributed by atoms with Crippen LogP contribution in [0.15, 0.2) is 41.8 Å². The van der Waals surface area contributed by atoms with Gasteiger partial charge in [-0.05, 0) is 30.5 Å². The minimum atomic E-state index is -0.439. The van der Waals surface area contributed by atoms with E-state index in [4.69, 9.17) is 0 Å². The van der Waals surface area contributed by atoms with Crippen molar-refractivity contribution in [1.82, 2.24) is 10.3 Å². The second-order valence-corrected chi connectivity index (χ2v) is 7.34. The number of aromatic nitrogens is 1. The zero-order chi connectivity index (χ0) is 18.5. The summed E-state index contributed by atoms with van der Waals surface area (Å²) in [6, 6.07) is 10.1. The van der Waals surface area contributed by atoms with E-state index in [0.717, 1.165) is 21.3 Å². The highest BCUT2D eigenvalue weighted by Gasteiger charge is 2.16. The summed E-state index contributed by atoms with van der Waals surface area (Å²) in [5.41, 5.74) is 1.53. The lowest BCUT2D eigenvalue weighted by molar-refractivity contribution is -0.384. The first kappa shape index (κ1) is 18.0. The molecule has 2 heterocycles. The first-order valence-corrected chi connectivity index (χ1v) is 9.52. The maximum absolute atomic E-state index is 12.3. The Morgan fingerprint density at radius 3 is 2.65 bits per heavy atom. The van der Waals surface area contributed by atoms with Crippen molar-refractivity contribution in [2.24, 2.45) is 0 Å². The number of carbonyl (C=O) groups is 1. The van der Waals surface area contributed by atoms with Gasteiger partial charge in [0.15, 0.2) is 0 Å². The molecule has 0 aliphatic carbocycles. The topological polar surface area (TPSA) is 97.2 Å². The summed E-state index contributed by atoms with van der Waals surface area (Å²) in [6.45, 7) is 2.78. The number of nitrogens with zero attached hydrogens (tertiary/aromatic N) is 2. The van der Waals surface area contributed by atoms with Crippen LogP contribution in [0.3, 0.4) is 0 Å². The monoisotopic (exact) mass is 388 g/mol. The SMILES string of the molecule is Cc1nc(-c2cccs2)sc1C(=O)NCCNc1ccc([N+](=O)[O-])cc1. The molecule has 0 saturated carbocycles. The molecule has 0 aliphatic heterocycles. The molecule has 3 aromatic rings. The Labute approximate surface area is 157 Å². The molecule has 2 aromatic heterocycles. The summed E-state index contributed by atoms with van der Waals surface area (Å²) in [7, 11) is 0. The number of carbonyl (C=O) groups excluding carboxylic acids is 1. The fourth-order valence-corrected chi connectivity index (χ4v) is 4.06. The van der Waals surface area contributed by atoms with Gasteiger partial charge in [0.2, 0.25) is 0 Å². The summed E-state index contributed by atoms with van der Waals surface area (Å²) in [4.78, 5) is 28.7. The molecular weight excluding hydrogens is 372 g/mol. The maximum atomic E-state index is 12.3. The molecule has 0 saturated heterocycles. The lowest BCUT2D eigenvalue weighted by atomic mass is 10.3. The molecule has 0 fully saturated rings. The molecule has 2 N–H and O–H groups in total. The van der Waals surface area contributed by atoms with E-state index in [1.807, 2.05) is 24.4 Å². The van der Waals surface area contributed by atoms with Crippen LogP contribution in [-0.4, -0.2) is 28.9 Å². The molecule has 0 radical (unpaired) electrons. The van der Waals surface area contributed by atoms with Crippen molar-refractivity contribution in [3.63, 3.8) is 0 Å². The lowest BCUT2D eigenvalue weighted by Gasteiger charge is -2.07. The molecule has 0 atom stereocenters. The molecule has 9 heteroatoms. The van der Waals surface area contributed by atoms with E-state index in [2.05, 4.69) is 15.6 Å². The van der Waals surface area contributed by atoms with E-state index < -0.39 is 4.92 Å². The summed E-state index contributed by atoms with van der Waals surface area (Å²) < 4.78 is 0. The number of nitro groups is 1. The van der Waals surface area contributed by atoms with Crippen molar-refractivity contribution >= 4 is 40.0 Å². The van der Waals surface area contributed by atoms with Crippen LogP contribution in [0, 0.1) is 17.0 Å². The van der Waals surface area contributed by atoms with Gasteiger partial charge in [0.1, 0.15) is 9.88 Å². The van der Waals surface area contributed by atoms with Crippen LogP contribution in [0.1, 0.15) is 15.4 Å². The summed E-state index contributed by atoms with van der Waals surface area (Å²) in [5.74, 6) is -0.145. The highest BCUT2D eigenvalue weighted by atomic mass is 32.1. The number of hydrogen-bond donors (Lipinski definition) is 2. The number of aryl methyl sites for hydroxylation is 1. The minimum Gasteiger partial charge on any atom is -0.383 e. The highest BCUT2D eigenvalue weighted by molar-refractivity contribution is 7.22. The van der Waals surface area contributed by atoms with E-state index >= 15 is 0 Å². The maximum Gasteiger partial charge on any atom is 0.269 e. The normalized spacial score (nSPS) is 10.5. The van der Waals surface area contributed by atoms with Crippen molar-refractivity contribution in [2.75, 3.05) is 18.4 Å². The average molecular weight is 388 g/mol. The summed E-state index contributed by atoms with van der Waals surface area (Å²) >= 11 is 2.98. The van der Waals surface area contributed by atoms with Crippen LogP contribution in [0.2, 0.25) is 0 Å². The van der Waals surface area contributed by atoms with E-state index in [1.54, 1.807) is 23.5 Å². The number of anilines is 1. The molecule has 0 spiro atoms.